The van der Waals surface area contributed by atoms with E-state index in [4.69, 9.17) is 0 Å². The average molecular weight is 496 g/mol. The van der Waals surface area contributed by atoms with Gasteiger partial charge in [-0.1, -0.05) is 48.9 Å². The number of anilines is 1. The second kappa shape index (κ2) is 10.7. The zero-order valence-electron chi connectivity index (χ0n) is 19.1. The van der Waals surface area contributed by atoms with Gasteiger partial charge >= 0.3 is 0 Å². The molecule has 0 aliphatic carbocycles. The third kappa shape index (κ3) is 5.67. The van der Waals surface area contributed by atoms with Gasteiger partial charge in [0.05, 0.1) is 9.60 Å². The molecule has 0 saturated heterocycles. The highest BCUT2D eigenvalue weighted by Crippen LogP contribution is 2.33. The summed E-state index contributed by atoms with van der Waals surface area (Å²) in [5.74, 6) is -0.121. The molecular weight excluding hydrogens is 466 g/mol. The van der Waals surface area contributed by atoms with Crippen LogP contribution in [0.4, 0.5) is 5.13 Å². The average Bonchev–Trinajstić information content (AvgIpc) is 3.14. The first-order chi connectivity index (χ1) is 14.7. The fourth-order valence-corrected chi connectivity index (χ4v) is 5.50. The fourth-order valence-electron chi connectivity index (χ4n) is 3.59. The van der Waals surface area contributed by atoms with Gasteiger partial charge in [-0.05, 0) is 50.7 Å². The first-order valence-electron chi connectivity index (χ1n) is 10.4. The first kappa shape index (κ1) is 26.3. The summed E-state index contributed by atoms with van der Waals surface area (Å²) in [5, 5.41) is 0.517. The molecule has 32 heavy (non-hydrogen) atoms. The molecule has 0 spiro atoms. The number of para-hydroxylation sites is 1. The summed E-state index contributed by atoms with van der Waals surface area (Å²) in [6.45, 7) is 11.1. The molecule has 0 saturated carbocycles. The molecule has 9 heteroatoms. The number of sulfone groups is 1. The number of hydrogen-bond acceptors (Lipinski definition) is 6. The van der Waals surface area contributed by atoms with E-state index in [2.05, 4.69) is 23.7 Å². The van der Waals surface area contributed by atoms with Crippen molar-refractivity contribution in [3.8, 4) is 0 Å². The monoisotopic (exact) mass is 495 g/mol. The Bertz CT molecular complexity index is 1200. The Kier molecular flexibility index (Phi) is 8.82. The number of thiazole rings is 1. The molecule has 6 nitrogen and oxygen atoms in total. The minimum absolute atomic E-state index is 0. The molecule has 0 unspecified atom stereocenters. The van der Waals surface area contributed by atoms with Crippen LogP contribution in [0.25, 0.3) is 10.2 Å². The maximum Gasteiger partial charge on any atom is 0.260 e. The van der Waals surface area contributed by atoms with Crippen LogP contribution in [0.2, 0.25) is 0 Å². The van der Waals surface area contributed by atoms with E-state index in [0.29, 0.717) is 29.3 Å². The largest absolute Gasteiger partial charge is 0.302 e. The van der Waals surface area contributed by atoms with Crippen molar-refractivity contribution >= 4 is 54.8 Å². The van der Waals surface area contributed by atoms with E-state index in [-0.39, 0.29) is 23.2 Å². The number of aryl methyl sites for hydroxylation is 2. The van der Waals surface area contributed by atoms with E-state index < -0.39 is 9.84 Å². The van der Waals surface area contributed by atoms with Crippen molar-refractivity contribution < 1.29 is 13.2 Å². The summed E-state index contributed by atoms with van der Waals surface area (Å²) in [5.41, 5.74) is 3.07. The molecule has 1 aromatic heterocycles. The van der Waals surface area contributed by atoms with Crippen molar-refractivity contribution in [2.24, 2.45) is 0 Å². The molecule has 0 radical (unpaired) electrons. The molecule has 0 atom stereocenters. The topological polar surface area (TPSA) is 70.6 Å². The fraction of sp³-hybridized carbons (Fsp3) is 0.391. The normalized spacial score (nSPS) is 11.6. The highest BCUT2D eigenvalue weighted by Gasteiger charge is 2.25. The van der Waals surface area contributed by atoms with Crippen LogP contribution in [0.3, 0.4) is 0 Å². The van der Waals surface area contributed by atoms with Crippen LogP contribution in [0.1, 0.15) is 35.3 Å². The van der Waals surface area contributed by atoms with Crippen LogP contribution in [0.5, 0.6) is 0 Å². The number of carbonyl (C=O) groups is 1. The smallest absolute Gasteiger partial charge is 0.260 e. The molecule has 1 amide bonds. The highest BCUT2D eigenvalue weighted by atomic mass is 35.5. The summed E-state index contributed by atoms with van der Waals surface area (Å²) < 4.78 is 25.2. The molecule has 3 rings (SSSR count). The van der Waals surface area contributed by atoms with Gasteiger partial charge in [-0.3, -0.25) is 9.69 Å². The third-order valence-electron chi connectivity index (χ3n) is 5.39. The first-order valence-corrected chi connectivity index (χ1v) is 13.1. The Morgan fingerprint density at radius 1 is 1.06 bits per heavy atom. The molecule has 174 valence electrons. The molecule has 0 fully saturated rings. The highest BCUT2D eigenvalue weighted by molar-refractivity contribution is 7.91. The molecule has 3 aromatic rings. The Balaban J connectivity index is 0.00000363. The lowest BCUT2D eigenvalue weighted by Crippen LogP contribution is -2.39. The summed E-state index contributed by atoms with van der Waals surface area (Å²) in [4.78, 5) is 22.3. The van der Waals surface area contributed by atoms with Gasteiger partial charge in [0, 0.05) is 24.9 Å². The lowest BCUT2D eigenvalue weighted by Gasteiger charge is -2.25. The van der Waals surface area contributed by atoms with Gasteiger partial charge in [-0.2, -0.15) is 0 Å². The quantitative estimate of drug-likeness (QED) is 0.452. The standard InChI is InChI=1S/C23H29N3O3S2.ClH/c1-6-25(7-2)13-14-26(22(27)18-12-11-16(3)15-17(18)4)23-24-21-19(30-23)9-8-10-20(21)31(5,28)29;/h8-12,15H,6-7,13-14H2,1-5H3;1H. The minimum atomic E-state index is -3.43. The van der Waals surface area contributed by atoms with Gasteiger partial charge < -0.3 is 4.90 Å². The number of amides is 1. The van der Waals surface area contributed by atoms with Crippen molar-refractivity contribution in [1.29, 1.82) is 0 Å². The molecule has 0 aliphatic rings. The number of likely N-dealkylation sites (N-methyl/N-ethyl adjacent to an activating group) is 1. The van der Waals surface area contributed by atoms with Gasteiger partial charge in [0.2, 0.25) is 0 Å². The Morgan fingerprint density at radius 3 is 2.34 bits per heavy atom. The number of rotatable bonds is 8. The maximum atomic E-state index is 13.6. The summed E-state index contributed by atoms with van der Waals surface area (Å²) in [6.07, 6.45) is 1.18. The van der Waals surface area contributed by atoms with E-state index in [1.165, 1.54) is 17.6 Å². The van der Waals surface area contributed by atoms with E-state index in [1.54, 1.807) is 17.0 Å². The molecule has 2 aromatic carbocycles. The van der Waals surface area contributed by atoms with Crippen molar-refractivity contribution in [3.63, 3.8) is 0 Å². The van der Waals surface area contributed by atoms with Gasteiger partial charge in [0.1, 0.15) is 5.52 Å². The zero-order chi connectivity index (χ0) is 22.8. The van der Waals surface area contributed by atoms with Crippen LogP contribution >= 0.6 is 23.7 Å². The maximum absolute atomic E-state index is 13.6. The van der Waals surface area contributed by atoms with Crippen LogP contribution in [0, 0.1) is 13.8 Å². The lowest BCUT2D eigenvalue weighted by molar-refractivity contribution is 0.0983. The summed E-state index contributed by atoms with van der Waals surface area (Å²) >= 11 is 1.35. The van der Waals surface area contributed by atoms with Crippen molar-refractivity contribution in [2.45, 2.75) is 32.6 Å². The Labute approximate surface area is 200 Å². The van der Waals surface area contributed by atoms with Crippen molar-refractivity contribution in [1.82, 2.24) is 9.88 Å². The van der Waals surface area contributed by atoms with Gasteiger partial charge in [-0.15, -0.1) is 12.4 Å². The van der Waals surface area contributed by atoms with Crippen LogP contribution < -0.4 is 4.90 Å². The summed E-state index contributed by atoms with van der Waals surface area (Å²) in [7, 11) is -3.43. The third-order valence-corrected chi connectivity index (χ3v) is 7.56. The van der Waals surface area contributed by atoms with E-state index >= 15 is 0 Å². The van der Waals surface area contributed by atoms with E-state index in [1.807, 2.05) is 38.1 Å². The number of halogens is 1. The van der Waals surface area contributed by atoms with Gasteiger partial charge in [0.25, 0.3) is 5.91 Å². The molecule has 0 N–H and O–H groups in total. The number of fused-ring (bicyclic) bond motifs is 1. The minimum Gasteiger partial charge on any atom is -0.302 e. The number of benzene rings is 2. The predicted octanol–water partition coefficient (Wildman–Crippen LogP) is 4.73. The Hall–Kier alpha value is -2.00. The molecule has 0 aliphatic heterocycles. The van der Waals surface area contributed by atoms with Crippen molar-refractivity contribution in [2.75, 3.05) is 37.3 Å². The van der Waals surface area contributed by atoms with Gasteiger partial charge in [-0.25, -0.2) is 13.4 Å². The second-order valence-electron chi connectivity index (χ2n) is 7.67. The number of hydrogen-bond donors (Lipinski definition) is 0. The van der Waals surface area contributed by atoms with Gasteiger partial charge in [0.15, 0.2) is 15.0 Å². The molecule has 1 heterocycles. The number of nitrogens with zero attached hydrogens (tertiary/aromatic N) is 3. The van der Waals surface area contributed by atoms with E-state index in [0.717, 1.165) is 28.9 Å². The second-order valence-corrected chi connectivity index (χ2v) is 10.7. The predicted molar refractivity (Wildman–Crippen MR) is 135 cm³/mol. The zero-order valence-corrected chi connectivity index (χ0v) is 21.5. The molecule has 0 bridgehead atoms. The van der Waals surface area contributed by atoms with E-state index in [9.17, 15) is 13.2 Å². The number of aromatic nitrogens is 1. The Morgan fingerprint density at radius 2 is 1.75 bits per heavy atom. The van der Waals surface area contributed by atoms with Crippen LogP contribution in [0.15, 0.2) is 41.3 Å². The van der Waals surface area contributed by atoms with Crippen molar-refractivity contribution in [3.05, 3.63) is 53.1 Å². The molecular formula is C23H30ClN3O3S2. The van der Waals surface area contributed by atoms with Crippen LogP contribution in [-0.2, 0) is 9.84 Å². The number of carbonyl (C=O) groups excluding carboxylic acids is 1. The lowest BCUT2D eigenvalue weighted by atomic mass is 10.0. The SMILES string of the molecule is CCN(CC)CCN(C(=O)c1ccc(C)cc1C)c1nc2c(S(C)(=O)=O)cccc2s1.Cl. The van der Waals surface area contributed by atoms with Crippen LogP contribution in [-0.4, -0.2) is 56.6 Å². The summed E-state index contributed by atoms with van der Waals surface area (Å²) in [6, 6.07) is 10.9.